The summed E-state index contributed by atoms with van der Waals surface area (Å²) >= 11 is 0. The van der Waals surface area contributed by atoms with E-state index >= 15 is 0 Å². The molecule has 0 bridgehead atoms. The number of hydroxylamine groups is 1. The average Bonchev–Trinajstić information content (AvgIpc) is 2.71. The van der Waals surface area contributed by atoms with Crippen LogP contribution in [0.3, 0.4) is 0 Å². The summed E-state index contributed by atoms with van der Waals surface area (Å²) in [5.74, 6) is 0. The molecule has 1 heterocycles. The molecule has 2 nitrogen and oxygen atoms in total. The Balaban J connectivity index is 2.29. The lowest BCUT2D eigenvalue weighted by molar-refractivity contribution is 0.452. The molecule has 1 aromatic rings. The molecule has 1 fully saturated rings. The molecule has 0 N–H and O–H groups in total. The third-order valence-electron chi connectivity index (χ3n) is 1.30. The van der Waals surface area contributed by atoms with Gasteiger partial charge in [-0.15, -0.1) is 0 Å². The van der Waals surface area contributed by atoms with Gasteiger partial charge in [0.15, 0.2) is 6.73 Å². The van der Waals surface area contributed by atoms with Crippen molar-refractivity contribution < 1.29 is 4.84 Å². The van der Waals surface area contributed by atoms with Crippen LogP contribution in [0.5, 0.6) is 0 Å². The molecule has 0 saturated carbocycles. The number of hydrogen-bond acceptors (Lipinski definition) is 2. The molecule has 2 heteroatoms. The van der Waals surface area contributed by atoms with Crippen LogP contribution in [0.2, 0.25) is 0 Å². The van der Waals surface area contributed by atoms with E-state index in [1.165, 1.54) is 0 Å². The lowest BCUT2D eigenvalue weighted by Crippen LogP contribution is -1.86. The number of para-hydroxylation sites is 1. The molecule has 0 radical (unpaired) electrons. The van der Waals surface area contributed by atoms with Crippen molar-refractivity contribution in [3.05, 3.63) is 30.3 Å². The average molecular weight is 121 g/mol. The van der Waals surface area contributed by atoms with Crippen LogP contribution in [0.15, 0.2) is 30.3 Å². The van der Waals surface area contributed by atoms with Crippen LogP contribution in [-0.2, 0) is 4.84 Å². The monoisotopic (exact) mass is 121 g/mol. The van der Waals surface area contributed by atoms with E-state index < -0.39 is 0 Å². The Bertz CT molecular complexity index is 193. The highest BCUT2D eigenvalue weighted by Crippen LogP contribution is 2.20. The molecular formula is C7H7NO. The Morgan fingerprint density at radius 3 is 2.44 bits per heavy atom. The first-order valence-electron chi connectivity index (χ1n) is 2.92. The van der Waals surface area contributed by atoms with Crippen LogP contribution in [0.4, 0.5) is 5.69 Å². The van der Waals surface area contributed by atoms with Crippen molar-refractivity contribution in [3.63, 3.8) is 0 Å². The van der Waals surface area contributed by atoms with E-state index in [-0.39, 0.29) is 0 Å². The van der Waals surface area contributed by atoms with Crippen molar-refractivity contribution in [1.82, 2.24) is 0 Å². The second-order valence-corrected chi connectivity index (χ2v) is 1.97. The quantitative estimate of drug-likeness (QED) is 0.522. The van der Waals surface area contributed by atoms with Crippen molar-refractivity contribution in [1.29, 1.82) is 0 Å². The minimum absolute atomic E-state index is 0.740. The van der Waals surface area contributed by atoms with Gasteiger partial charge >= 0.3 is 0 Å². The first kappa shape index (κ1) is 4.82. The van der Waals surface area contributed by atoms with Crippen molar-refractivity contribution in [2.45, 2.75) is 0 Å². The summed E-state index contributed by atoms with van der Waals surface area (Å²) in [6.07, 6.45) is 0. The van der Waals surface area contributed by atoms with E-state index in [1.807, 2.05) is 35.4 Å². The van der Waals surface area contributed by atoms with E-state index in [0.29, 0.717) is 0 Å². The maximum atomic E-state index is 4.93. The van der Waals surface area contributed by atoms with Crippen LogP contribution >= 0.6 is 0 Å². The Hall–Kier alpha value is -1.02. The summed E-state index contributed by atoms with van der Waals surface area (Å²) in [5, 5.41) is 1.83. The molecule has 0 spiro atoms. The van der Waals surface area contributed by atoms with Gasteiger partial charge in [-0.25, -0.2) is 9.90 Å². The zero-order valence-corrected chi connectivity index (χ0v) is 4.95. The smallest absolute Gasteiger partial charge is 0.171 e. The van der Waals surface area contributed by atoms with E-state index in [2.05, 4.69) is 0 Å². The van der Waals surface area contributed by atoms with Gasteiger partial charge in [0.05, 0.1) is 5.69 Å². The molecule has 46 valence electrons. The molecule has 0 aliphatic carbocycles. The predicted molar refractivity (Wildman–Crippen MR) is 34.9 cm³/mol. The van der Waals surface area contributed by atoms with Gasteiger partial charge in [-0.2, -0.15) is 0 Å². The predicted octanol–water partition coefficient (Wildman–Crippen LogP) is 1.40. The Labute approximate surface area is 53.6 Å². The summed E-state index contributed by atoms with van der Waals surface area (Å²) in [5.41, 5.74) is 1.14. The van der Waals surface area contributed by atoms with Crippen LogP contribution in [0.25, 0.3) is 0 Å². The van der Waals surface area contributed by atoms with Crippen LogP contribution in [-0.4, -0.2) is 6.73 Å². The molecule has 1 aliphatic heterocycles. The summed E-state index contributed by atoms with van der Waals surface area (Å²) in [4.78, 5) is 4.93. The van der Waals surface area contributed by atoms with Gasteiger partial charge in [0, 0.05) is 0 Å². The third kappa shape index (κ3) is 0.886. The largest absolute Gasteiger partial charge is 0.247 e. The van der Waals surface area contributed by atoms with Crippen LogP contribution in [0, 0.1) is 0 Å². The molecule has 1 aliphatic rings. The number of nitrogens with zero attached hydrogens (tertiary/aromatic N) is 1. The fraction of sp³-hybridized carbons (Fsp3) is 0.143. The van der Waals surface area contributed by atoms with E-state index in [1.54, 1.807) is 0 Å². The Morgan fingerprint density at radius 2 is 1.89 bits per heavy atom. The van der Waals surface area contributed by atoms with Crippen LogP contribution in [0.1, 0.15) is 0 Å². The standard InChI is InChI=1S/C7H7NO/c1-2-4-7(5-3-1)8-6-9-8/h1-5H,6H2. The highest BCUT2D eigenvalue weighted by atomic mass is 16.8. The van der Waals surface area contributed by atoms with Gasteiger partial charge in [0.2, 0.25) is 0 Å². The highest BCUT2D eigenvalue weighted by Gasteiger charge is 2.18. The molecule has 0 atom stereocenters. The normalized spacial score (nSPS) is 15.8. The highest BCUT2D eigenvalue weighted by molar-refractivity contribution is 5.45. The number of rotatable bonds is 1. The van der Waals surface area contributed by atoms with E-state index in [4.69, 9.17) is 4.84 Å². The number of anilines is 1. The Kier molecular flexibility index (Phi) is 0.932. The molecule has 9 heavy (non-hydrogen) atoms. The molecule has 0 unspecified atom stereocenters. The van der Waals surface area contributed by atoms with E-state index in [9.17, 15) is 0 Å². The zero-order chi connectivity index (χ0) is 6.10. The minimum Gasteiger partial charge on any atom is -0.247 e. The topological polar surface area (TPSA) is 15.5 Å². The Morgan fingerprint density at radius 1 is 1.22 bits per heavy atom. The fourth-order valence-corrected chi connectivity index (χ4v) is 0.772. The number of benzene rings is 1. The summed E-state index contributed by atoms with van der Waals surface area (Å²) in [6, 6.07) is 10.0. The van der Waals surface area contributed by atoms with Gasteiger partial charge in [0.25, 0.3) is 0 Å². The molecule has 2 rings (SSSR count). The van der Waals surface area contributed by atoms with Crippen molar-refractivity contribution in [3.8, 4) is 0 Å². The second-order valence-electron chi connectivity index (χ2n) is 1.97. The first-order chi connectivity index (χ1) is 4.47. The van der Waals surface area contributed by atoms with E-state index in [0.717, 1.165) is 12.4 Å². The second kappa shape index (κ2) is 1.74. The van der Waals surface area contributed by atoms with Gasteiger partial charge < -0.3 is 0 Å². The van der Waals surface area contributed by atoms with Crippen molar-refractivity contribution >= 4 is 5.69 Å². The summed E-state index contributed by atoms with van der Waals surface area (Å²) in [6.45, 7) is 0.740. The maximum absolute atomic E-state index is 4.93. The summed E-state index contributed by atoms with van der Waals surface area (Å²) in [7, 11) is 0. The fourth-order valence-electron chi connectivity index (χ4n) is 0.772. The zero-order valence-electron chi connectivity index (χ0n) is 4.95. The summed E-state index contributed by atoms with van der Waals surface area (Å²) < 4.78 is 0. The lowest BCUT2D eigenvalue weighted by Gasteiger charge is -1.93. The van der Waals surface area contributed by atoms with Crippen LogP contribution < -0.4 is 5.06 Å². The molecule has 1 saturated heterocycles. The molecular weight excluding hydrogens is 114 g/mol. The van der Waals surface area contributed by atoms with Crippen molar-refractivity contribution in [2.24, 2.45) is 0 Å². The van der Waals surface area contributed by atoms with Crippen molar-refractivity contribution in [2.75, 3.05) is 11.8 Å². The molecule has 0 aromatic heterocycles. The van der Waals surface area contributed by atoms with Gasteiger partial charge in [-0.1, -0.05) is 18.2 Å². The molecule has 1 aromatic carbocycles. The maximum Gasteiger partial charge on any atom is 0.171 e. The van der Waals surface area contributed by atoms with Gasteiger partial charge in [-0.05, 0) is 12.1 Å². The van der Waals surface area contributed by atoms with Gasteiger partial charge in [0.1, 0.15) is 0 Å². The first-order valence-corrected chi connectivity index (χ1v) is 2.92. The number of hydrogen-bond donors (Lipinski definition) is 0. The third-order valence-corrected chi connectivity index (χ3v) is 1.30. The SMILES string of the molecule is c1ccc(N2CO2)cc1. The van der Waals surface area contributed by atoms with Gasteiger partial charge in [-0.3, -0.25) is 0 Å². The minimum atomic E-state index is 0.740. The lowest BCUT2D eigenvalue weighted by atomic mass is 10.3. The molecule has 0 amide bonds.